The lowest BCUT2D eigenvalue weighted by molar-refractivity contribution is -0.104. The third kappa shape index (κ3) is 2.29. The predicted molar refractivity (Wildman–Crippen MR) is 82.7 cm³/mol. The van der Waals surface area contributed by atoms with Crippen LogP contribution in [0.4, 0.5) is 0 Å². The van der Waals surface area contributed by atoms with Crippen molar-refractivity contribution in [2.45, 2.75) is 36.7 Å². The van der Waals surface area contributed by atoms with E-state index in [0.717, 1.165) is 0 Å². The van der Waals surface area contributed by atoms with Gasteiger partial charge in [0.25, 0.3) is 5.91 Å². The van der Waals surface area contributed by atoms with Gasteiger partial charge < -0.3 is 34.8 Å². The van der Waals surface area contributed by atoms with Gasteiger partial charge in [-0.1, -0.05) is 0 Å². The SMILES string of the molecule is COc1cc2c(c(OC)c1OC)C(=O)NC1C2CC(O)C(O)C1O. The molecule has 1 saturated carbocycles. The Morgan fingerprint density at radius 2 is 1.71 bits per heavy atom. The molecule has 0 radical (unpaired) electrons. The van der Waals surface area contributed by atoms with Gasteiger partial charge in [0.1, 0.15) is 12.2 Å². The molecule has 0 aromatic heterocycles. The molecule has 4 N–H and O–H groups in total. The van der Waals surface area contributed by atoms with E-state index in [4.69, 9.17) is 14.2 Å². The van der Waals surface area contributed by atoms with E-state index in [2.05, 4.69) is 5.32 Å². The first-order chi connectivity index (χ1) is 11.4. The highest BCUT2D eigenvalue weighted by atomic mass is 16.5. The zero-order valence-corrected chi connectivity index (χ0v) is 13.6. The van der Waals surface area contributed by atoms with Crippen molar-refractivity contribution in [3.05, 3.63) is 17.2 Å². The maximum atomic E-state index is 12.6. The van der Waals surface area contributed by atoms with Gasteiger partial charge >= 0.3 is 0 Å². The van der Waals surface area contributed by atoms with E-state index in [0.29, 0.717) is 17.1 Å². The molecule has 1 amide bonds. The molecule has 5 atom stereocenters. The Hall–Kier alpha value is -2.03. The lowest BCUT2D eigenvalue weighted by Gasteiger charge is -2.44. The molecule has 1 aromatic rings. The zero-order chi connectivity index (χ0) is 17.6. The number of methoxy groups -OCH3 is 3. The standard InChI is InChI=1S/C16H21NO7/c1-22-9-5-6-7-4-8(18)12(19)13(20)11(7)17-16(21)10(6)15(24-3)14(9)23-2/h5,7-8,11-13,18-20H,4H2,1-3H3,(H,17,21). The molecular formula is C16H21NO7. The fourth-order valence-electron chi connectivity index (χ4n) is 3.66. The second-order valence-electron chi connectivity index (χ2n) is 6.00. The molecule has 2 aliphatic rings. The van der Waals surface area contributed by atoms with E-state index < -0.39 is 30.3 Å². The van der Waals surface area contributed by atoms with Gasteiger partial charge in [-0.2, -0.15) is 0 Å². The number of benzene rings is 1. The number of amides is 1. The van der Waals surface area contributed by atoms with Gasteiger partial charge in [0.15, 0.2) is 11.5 Å². The summed E-state index contributed by atoms with van der Waals surface area (Å²) in [5.41, 5.74) is 0.871. The largest absolute Gasteiger partial charge is 0.493 e. The molecule has 8 heteroatoms. The molecule has 3 rings (SSSR count). The number of hydrogen-bond donors (Lipinski definition) is 4. The lowest BCUT2D eigenvalue weighted by Crippen LogP contribution is -2.61. The van der Waals surface area contributed by atoms with Crippen LogP contribution in [0.5, 0.6) is 17.2 Å². The number of carbonyl (C=O) groups is 1. The molecule has 0 bridgehead atoms. The Morgan fingerprint density at radius 3 is 2.29 bits per heavy atom. The minimum absolute atomic E-state index is 0.189. The number of nitrogens with one attached hydrogen (secondary N) is 1. The summed E-state index contributed by atoms with van der Waals surface area (Å²) < 4.78 is 16.0. The van der Waals surface area contributed by atoms with Gasteiger partial charge in [-0.05, 0) is 18.1 Å². The molecule has 1 aromatic carbocycles. The fraction of sp³-hybridized carbons (Fsp3) is 0.562. The maximum absolute atomic E-state index is 12.6. The monoisotopic (exact) mass is 339 g/mol. The molecule has 1 fully saturated rings. The molecule has 1 aliphatic heterocycles. The second kappa shape index (κ2) is 6.12. The second-order valence-corrected chi connectivity index (χ2v) is 6.00. The summed E-state index contributed by atoms with van der Waals surface area (Å²) in [6.45, 7) is 0. The number of aliphatic hydroxyl groups excluding tert-OH is 3. The van der Waals surface area contributed by atoms with Crippen molar-refractivity contribution in [1.82, 2.24) is 5.32 Å². The van der Waals surface area contributed by atoms with Crippen molar-refractivity contribution in [2.24, 2.45) is 0 Å². The van der Waals surface area contributed by atoms with E-state index in [1.807, 2.05) is 0 Å². The van der Waals surface area contributed by atoms with Crippen LogP contribution in [-0.2, 0) is 0 Å². The van der Waals surface area contributed by atoms with Gasteiger partial charge in [-0.15, -0.1) is 0 Å². The number of hydrogen-bond acceptors (Lipinski definition) is 7. The number of aliphatic hydroxyl groups is 3. The average Bonchev–Trinajstić information content (AvgIpc) is 2.59. The summed E-state index contributed by atoms with van der Waals surface area (Å²) in [5.74, 6) is 0.0883. The van der Waals surface area contributed by atoms with Gasteiger partial charge in [0, 0.05) is 5.92 Å². The van der Waals surface area contributed by atoms with Crippen molar-refractivity contribution in [3.8, 4) is 17.2 Å². The maximum Gasteiger partial charge on any atom is 0.255 e. The predicted octanol–water partition coefficient (Wildman–Crippen LogP) is -0.606. The minimum atomic E-state index is -1.31. The molecule has 0 saturated heterocycles. The first-order valence-corrected chi connectivity index (χ1v) is 7.62. The molecule has 5 unspecified atom stereocenters. The topological polar surface area (TPSA) is 117 Å². The van der Waals surface area contributed by atoms with E-state index in [9.17, 15) is 20.1 Å². The Labute approximate surface area is 139 Å². The van der Waals surface area contributed by atoms with Crippen LogP contribution in [-0.4, -0.2) is 66.9 Å². The van der Waals surface area contributed by atoms with Crippen LogP contribution in [0, 0.1) is 0 Å². The van der Waals surface area contributed by atoms with Gasteiger partial charge in [-0.3, -0.25) is 4.79 Å². The molecule has 1 heterocycles. The Morgan fingerprint density at radius 1 is 1.04 bits per heavy atom. The molecule has 24 heavy (non-hydrogen) atoms. The zero-order valence-electron chi connectivity index (χ0n) is 13.6. The first kappa shape index (κ1) is 16.8. The van der Waals surface area contributed by atoms with Crippen molar-refractivity contribution >= 4 is 5.91 Å². The third-order valence-corrected chi connectivity index (χ3v) is 4.83. The Bertz CT molecular complexity index is 662. The molecular weight excluding hydrogens is 318 g/mol. The fourth-order valence-corrected chi connectivity index (χ4v) is 3.66. The van der Waals surface area contributed by atoms with Crippen LogP contribution >= 0.6 is 0 Å². The summed E-state index contributed by atoms with van der Waals surface area (Å²) in [5, 5.41) is 32.8. The molecule has 1 aliphatic carbocycles. The highest BCUT2D eigenvalue weighted by molar-refractivity contribution is 6.01. The first-order valence-electron chi connectivity index (χ1n) is 7.62. The van der Waals surface area contributed by atoms with E-state index in [-0.39, 0.29) is 23.7 Å². The van der Waals surface area contributed by atoms with Crippen LogP contribution in [0.3, 0.4) is 0 Å². The molecule has 0 spiro atoms. The van der Waals surface area contributed by atoms with E-state index >= 15 is 0 Å². The van der Waals surface area contributed by atoms with Crippen LogP contribution in [0.1, 0.15) is 28.3 Å². The van der Waals surface area contributed by atoms with Crippen LogP contribution in [0.15, 0.2) is 6.07 Å². The van der Waals surface area contributed by atoms with E-state index in [1.54, 1.807) is 6.07 Å². The van der Waals surface area contributed by atoms with Crippen LogP contribution in [0.2, 0.25) is 0 Å². The highest BCUT2D eigenvalue weighted by Crippen LogP contribution is 2.48. The summed E-state index contributed by atoms with van der Waals surface area (Å²) in [4.78, 5) is 12.6. The van der Waals surface area contributed by atoms with Gasteiger partial charge in [0.2, 0.25) is 5.75 Å². The minimum Gasteiger partial charge on any atom is -0.493 e. The third-order valence-electron chi connectivity index (χ3n) is 4.83. The smallest absolute Gasteiger partial charge is 0.255 e. The quantitative estimate of drug-likeness (QED) is 0.580. The number of ether oxygens (including phenoxy) is 3. The number of rotatable bonds is 3. The highest BCUT2D eigenvalue weighted by Gasteiger charge is 2.48. The van der Waals surface area contributed by atoms with Crippen molar-refractivity contribution in [2.75, 3.05) is 21.3 Å². The Kier molecular flexibility index (Phi) is 4.29. The van der Waals surface area contributed by atoms with E-state index in [1.165, 1.54) is 21.3 Å². The molecule has 132 valence electrons. The van der Waals surface area contributed by atoms with Crippen molar-refractivity contribution < 1.29 is 34.3 Å². The lowest BCUT2D eigenvalue weighted by atomic mass is 9.72. The average molecular weight is 339 g/mol. The van der Waals surface area contributed by atoms with Gasteiger partial charge in [-0.25, -0.2) is 0 Å². The normalized spacial score (nSPS) is 31.6. The summed E-state index contributed by atoms with van der Waals surface area (Å²) in [6.07, 6.45) is -3.48. The summed E-state index contributed by atoms with van der Waals surface area (Å²) >= 11 is 0. The van der Waals surface area contributed by atoms with Gasteiger partial charge in [0.05, 0.1) is 39.0 Å². The summed E-state index contributed by atoms with van der Waals surface area (Å²) in [7, 11) is 4.34. The summed E-state index contributed by atoms with van der Waals surface area (Å²) in [6, 6.07) is 0.954. The molecule has 8 nitrogen and oxygen atoms in total. The number of fused-ring (bicyclic) bond motifs is 3. The number of carbonyl (C=O) groups excluding carboxylic acids is 1. The van der Waals surface area contributed by atoms with Crippen molar-refractivity contribution in [3.63, 3.8) is 0 Å². The van der Waals surface area contributed by atoms with Crippen LogP contribution < -0.4 is 19.5 Å². The van der Waals surface area contributed by atoms with Crippen molar-refractivity contribution in [1.29, 1.82) is 0 Å². The Balaban J connectivity index is 2.20. The van der Waals surface area contributed by atoms with Crippen LogP contribution in [0.25, 0.3) is 0 Å².